The summed E-state index contributed by atoms with van der Waals surface area (Å²) in [6, 6.07) is 24.9. The molecule has 1 fully saturated rings. The zero-order valence-electron chi connectivity index (χ0n) is 25.9. The number of hydrogen-bond donors (Lipinski definition) is 4. The van der Waals surface area contributed by atoms with Crippen molar-refractivity contribution in [3.05, 3.63) is 131 Å². The Morgan fingerprint density at radius 1 is 0.957 bits per heavy atom. The first-order valence-corrected chi connectivity index (χ1v) is 15.0. The maximum Gasteiger partial charge on any atom is 0.324 e. The lowest BCUT2D eigenvalue weighted by molar-refractivity contribution is -0.0724. The average Bonchev–Trinajstić information content (AvgIpc) is 3.68. The Balaban J connectivity index is 1.45. The third-order valence-corrected chi connectivity index (χ3v) is 8.32. The van der Waals surface area contributed by atoms with Gasteiger partial charge in [-0.2, -0.15) is 0 Å². The first kappa shape index (κ1) is 31.0. The molecule has 0 saturated carbocycles. The number of fused-ring (bicyclic) bond motifs is 1. The van der Waals surface area contributed by atoms with Crippen molar-refractivity contribution in [2.45, 2.75) is 30.8 Å². The Labute approximate surface area is 267 Å². The van der Waals surface area contributed by atoms with E-state index in [0.29, 0.717) is 28.6 Å². The Kier molecular flexibility index (Phi) is 8.85. The third kappa shape index (κ3) is 5.62. The predicted octanol–water partition coefficient (Wildman–Crippen LogP) is 5.48. The highest BCUT2D eigenvalue weighted by atomic mass is 16.6. The van der Waals surface area contributed by atoms with E-state index in [1.807, 2.05) is 85.8 Å². The van der Waals surface area contributed by atoms with Gasteiger partial charge in [-0.05, 0) is 59.5 Å². The first-order chi connectivity index (χ1) is 22.4. The minimum absolute atomic E-state index is 0.0372. The summed E-state index contributed by atoms with van der Waals surface area (Å²) < 4.78 is 30.5. The minimum atomic E-state index is -1.13. The molecular formula is C36H37N3O7. The lowest BCUT2D eigenvalue weighted by Gasteiger charge is -2.38. The van der Waals surface area contributed by atoms with Crippen LogP contribution in [0.25, 0.3) is 5.70 Å². The number of hydrogen-bond acceptors (Lipinski definition) is 7. The summed E-state index contributed by atoms with van der Waals surface area (Å²) in [4.78, 5) is 15.6. The predicted molar refractivity (Wildman–Crippen MR) is 174 cm³/mol. The summed E-state index contributed by atoms with van der Waals surface area (Å²) >= 11 is 0. The van der Waals surface area contributed by atoms with Gasteiger partial charge in [-0.15, -0.1) is 6.58 Å². The summed E-state index contributed by atoms with van der Waals surface area (Å²) in [6.07, 6.45) is 0.435. The zero-order valence-corrected chi connectivity index (χ0v) is 25.9. The number of aryl methyl sites for hydroxylation is 1. The van der Waals surface area contributed by atoms with Crippen molar-refractivity contribution in [3.63, 3.8) is 0 Å². The van der Waals surface area contributed by atoms with Crippen LogP contribution in [-0.4, -0.2) is 61.9 Å². The average molecular weight is 624 g/mol. The topological polar surface area (TPSA) is 123 Å². The van der Waals surface area contributed by atoms with Crippen LogP contribution in [0.3, 0.4) is 0 Å². The molecule has 2 aliphatic rings. The molecular weight excluding hydrogens is 586 g/mol. The van der Waals surface area contributed by atoms with Gasteiger partial charge in [0, 0.05) is 11.8 Å². The molecule has 0 aliphatic carbocycles. The molecule has 4 atom stereocenters. The number of benzene rings is 3. The Morgan fingerprint density at radius 3 is 2.37 bits per heavy atom. The first-order valence-electron chi connectivity index (χ1n) is 15.0. The smallest absolute Gasteiger partial charge is 0.324 e. The van der Waals surface area contributed by atoms with Crippen LogP contribution in [0.15, 0.2) is 103 Å². The van der Waals surface area contributed by atoms with Crippen LogP contribution in [-0.2, 0) is 19.8 Å². The highest BCUT2D eigenvalue weighted by Crippen LogP contribution is 2.44. The fourth-order valence-electron chi connectivity index (χ4n) is 6.12. The minimum Gasteiger partial charge on any atom is -0.497 e. The van der Waals surface area contributed by atoms with Gasteiger partial charge < -0.3 is 39.1 Å². The summed E-state index contributed by atoms with van der Waals surface area (Å²) in [5, 5.41) is 17.2. The maximum absolute atomic E-state index is 12.5. The second-order valence-electron chi connectivity index (χ2n) is 11.0. The second kappa shape index (κ2) is 13.1. The lowest BCUT2D eigenvalue weighted by Crippen LogP contribution is -2.40. The fraction of sp³-hybridized carbons (Fsp3) is 0.250. The zero-order chi connectivity index (χ0) is 32.3. The van der Waals surface area contributed by atoms with Crippen molar-refractivity contribution in [2.75, 3.05) is 32.8 Å². The number of urea groups is 1. The molecule has 0 radical (unpaired) electrons. The molecule has 1 saturated heterocycles. The molecule has 10 nitrogen and oxygen atoms in total. The number of methoxy groups -OCH3 is 2. The van der Waals surface area contributed by atoms with Gasteiger partial charge in [0.25, 0.3) is 0 Å². The number of aromatic amines is 1. The number of aliphatic hydroxyl groups is 1. The maximum atomic E-state index is 12.5. The van der Waals surface area contributed by atoms with Crippen LogP contribution >= 0.6 is 0 Å². The highest BCUT2D eigenvalue weighted by molar-refractivity contribution is 6.02. The molecule has 6 rings (SSSR count). The number of amides is 2. The Morgan fingerprint density at radius 2 is 1.67 bits per heavy atom. The summed E-state index contributed by atoms with van der Waals surface area (Å²) in [5.74, 6) is 2.25. The number of aliphatic hydroxyl groups excluding tert-OH is 1. The molecule has 3 aromatic carbocycles. The van der Waals surface area contributed by atoms with Gasteiger partial charge in [-0.3, -0.25) is 5.32 Å². The van der Waals surface area contributed by atoms with Crippen molar-refractivity contribution < 1.29 is 33.6 Å². The monoisotopic (exact) mass is 623 g/mol. The van der Waals surface area contributed by atoms with Crippen molar-refractivity contribution in [1.29, 1.82) is 0 Å². The molecule has 2 amide bonds. The number of nitrogens with one attached hydrogen (secondary N) is 3. The van der Waals surface area contributed by atoms with Crippen LogP contribution < -0.4 is 20.1 Å². The Hall–Kier alpha value is -5.03. The van der Waals surface area contributed by atoms with Gasteiger partial charge in [0.15, 0.2) is 11.9 Å². The molecule has 1 unspecified atom stereocenters. The largest absolute Gasteiger partial charge is 0.497 e. The van der Waals surface area contributed by atoms with Crippen molar-refractivity contribution in [3.8, 4) is 11.5 Å². The molecule has 4 aromatic rings. The van der Waals surface area contributed by atoms with Gasteiger partial charge in [-0.1, -0.05) is 54.6 Å². The van der Waals surface area contributed by atoms with E-state index in [1.165, 1.54) is 0 Å². The summed E-state index contributed by atoms with van der Waals surface area (Å²) in [5.41, 5.74) is 3.52. The number of ether oxygens (including phenoxy) is 5. The highest BCUT2D eigenvalue weighted by Gasteiger charge is 2.47. The summed E-state index contributed by atoms with van der Waals surface area (Å²) in [6.45, 7) is 5.89. The second-order valence-corrected chi connectivity index (χ2v) is 11.0. The van der Waals surface area contributed by atoms with E-state index in [1.54, 1.807) is 26.5 Å². The van der Waals surface area contributed by atoms with Gasteiger partial charge >= 0.3 is 6.03 Å². The van der Waals surface area contributed by atoms with E-state index >= 15 is 0 Å². The molecule has 1 aromatic heterocycles. The van der Waals surface area contributed by atoms with Crippen LogP contribution in [0.2, 0.25) is 0 Å². The number of anilines is 1. The molecule has 4 N–H and O–H groups in total. The molecule has 0 spiro atoms. The van der Waals surface area contributed by atoms with E-state index < -0.39 is 29.9 Å². The van der Waals surface area contributed by atoms with E-state index in [9.17, 15) is 9.90 Å². The van der Waals surface area contributed by atoms with Gasteiger partial charge in [0.2, 0.25) is 0 Å². The number of rotatable bonds is 11. The number of carbonyl (C=O) groups excluding carboxylic acids is 1. The van der Waals surface area contributed by atoms with Crippen molar-refractivity contribution >= 4 is 17.5 Å². The Bertz CT molecular complexity index is 1730. The van der Waals surface area contributed by atoms with Crippen molar-refractivity contribution in [2.24, 2.45) is 0 Å². The normalized spacial score (nSPS) is 21.7. The van der Waals surface area contributed by atoms with E-state index in [-0.39, 0.29) is 13.2 Å². The number of aromatic nitrogens is 1. The molecule has 3 heterocycles. The van der Waals surface area contributed by atoms with E-state index in [4.69, 9.17) is 23.7 Å². The van der Waals surface area contributed by atoms with Crippen LogP contribution in [0.5, 0.6) is 11.5 Å². The van der Waals surface area contributed by atoms with Gasteiger partial charge in [0.05, 0.1) is 33.1 Å². The number of carbonyl (C=O) groups is 1. The van der Waals surface area contributed by atoms with Gasteiger partial charge in [0.1, 0.15) is 35.1 Å². The van der Waals surface area contributed by atoms with E-state index in [0.717, 1.165) is 28.0 Å². The van der Waals surface area contributed by atoms with Crippen LogP contribution in [0, 0.1) is 6.92 Å². The summed E-state index contributed by atoms with van der Waals surface area (Å²) in [7, 11) is 3.26. The van der Waals surface area contributed by atoms with Crippen molar-refractivity contribution in [1.82, 2.24) is 10.3 Å². The lowest BCUT2D eigenvalue weighted by atomic mass is 9.78. The van der Waals surface area contributed by atoms with Crippen LogP contribution in [0.1, 0.15) is 27.8 Å². The quantitative estimate of drug-likeness (QED) is 0.129. The molecule has 10 heteroatoms. The molecule has 46 heavy (non-hydrogen) atoms. The molecule has 0 bridgehead atoms. The van der Waals surface area contributed by atoms with E-state index in [2.05, 4.69) is 22.2 Å². The SMILES string of the molecule is C=CCO[C@H]1C(=C2NC(=O)Nc3[nH]ccc32)O[C@H](COC(c2ccccc2)(c2ccc(OC)cc2)c2ccc(OC)cc2C)[C@H]1O. The fourth-order valence-corrected chi connectivity index (χ4v) is 6.12. The number of H-pyrrole nitrogens is 1. The van der Waals surface area contributed by atoms with Gasteiger partial charge in [-0.25, -0.2) is 4.79 Å². The third-order valence-electron chi connectivity index (χ3n) is 8.32. The molecule has 238 valence electrons. The molecule has 2 aliphatic heterocycles. The van der Waals surface area contributed by atoms with Crippen LogP contribution in [0.4, 0.5) is 10.6 Å². The standard InChI is InChI=1S/C36H37N3O7/c1-5-19-44-33-31(40)29(46-32(33)30-27-17-18-37-34(27)39-35(41)38-30)21-45-36(23-9-7-6-8-10-23,24-11-13-25(42-3)14-12-24)28-16-15-26(43-4)20-22(28)2/h5-18,20,29,31,33,37,40H,1,19,21H2,2-4H3,(H2,38,39,41)/t29-,31-,33-,36?/m1/s1.